The average molecular weight is 363 g/mol. The molecule has 2 heterocycles. The molecule has 1 aromatic carbocycles. The monoisotopic (exact) mass is 362 g/mol. The van der Waals surface area contributed by atoms with Crippen molar-refractivity contribution in [2.24, 2.45) is 5.73 Å². The van der Waals surface area contributed by atoms with E-state index in [1.54, 1.807) is 0 Å². The van der Waals surface area contributed by atoms with Crippen LogP contribution in [0.15, 0.2) is 18.2 Å². The van der Waals surface area contributed by atoms with Gasteiger partial charge in [0.25, 0.3) is 0 Å². The van der Waals surface area contributed by atoms with Gasteiger partial charge in [-0.3, -0.25) is 0 Å². The van der Waals surface area contributed by atoms with Crippen molar-refractivity contribution < 1.29 is 0 Å². The van der Waals surface area contributed by atoms with Gasteiger partial charge in [0.05, 0.1) is 5.69 Å². The minimum Gasteiger partial charge on any atom is -0.365 e. The van der Waals surface area contributed by atoms with Crippen LogP contribution in [0.4, 0.5) is 5.69 Å². The third-order valence-corrected chi connectivity index (χ3v) is 5.06. The maximum Gasteiger partial charge on any atom is 0.0507 e. The summed E-state index contributed by atoms with van der Waals surface area (Å²) in [5.74, 6) is 0. The van der Waals surface area contributed by atoms with E-state index in [1.165, 1.54) is 22.1 Å². The maximum absolute atomic E-state index is 6.11. The highest BCUT2D eigenvalue weighted by Crippen LogP contribution is 2.40. The zero-order valence-electron chi connectivity index (χ0n) is 9.57. The van der Waals surface area contributed by atoms with E-state index in [9.17, 15) is 0 Å². The molecule has 4 heteroatoms. The van der Waals surface area contributed by atoms with Crippen LogP contribution in [0.2, 0.25) is 5.02 Å². The second-order valence-corrected chi connectivity index (χ2v) is 6.72. The number of nitrogens with zero attached hydrogens (tertiary/aromatic N) is 1. The molecule has 3 rings (SSSR count). The van der Waals surface area contributed by atoms with Crippen LogP contribution in [0, 0.1) is 3.57 Å². The van der Waals surface area contributed by atoms with Crippen molar-refractivity contribution in [1.29, 1.82) is 0 Å². The number of piperidine rings is 1. The van der Waals surface area contributed by atoms with Crippen LogP contribution in [0.25, 0.3) is 0 Å². The highest BCUT2D eigenvalue weighted by molar-refractivity contribution is 14.1. The lowest BCUT2D eigenvalue weighted by atomic mass is 9.97. The van der Waals surface area contributed by atoms with Gasteiger partial charge in [0.15, 0.2) is 0 Å². The van der Waals surface area contributed by atoms with Crippen molar-refractivity contribution in [2.45, 2.75) is 43.8 Å². The Hall–Kier alpha value is -0.000000000000000111. The second-order valence-electron chi connectivity index (χ2n) is 5.12. The molecule has 2 N–H and O–H groups in total. The molecule has 0 aromatic heterocycles. The Bertz CT molecular complexity index is 423. The van der Waals surface area contributed by atoms with Crippen LogP contribution in [0.3, 0.4) is 0 Å². The molecule has 2 bridgehead atoms. The molecule has 0 saturated carbocycles. The molecule has 2 nitrogen and oxygen atoms in total. The van der Waals surface area contributed by atoms with Gasteiger partial charge in [-0.15, -0.1) is 0 Å². The molecule has 2 aliphatic heterocycles. The van der Waals surface area contributed by atoms with E-state index in [0.717, 1.165) is 17.9 Å². The molecule has 2 atom stereocenters. The van der Waals surface area contributed by atoms with Crippen LogP contribution in [0.1, 0.15) is 25.7 Å². The quantitative estimate of drug-likeness (QED) is 0.776. The number of anilines is 1. The number of hydrogen-bond donors (Lipinski definition) is 1. The smallest absolute Gasteiger partial charge is 0.0507 e. The topological polar surface area (TPSA) is 29.3 Å². The molecule has 2 fully saturated rings. The number of benzene rings is 1. The van der Waals surface area contributed by atoms with Crippen LogP contribution in [-0.4, -0.2) is 18.1 Å². The molecule has 2 unspecified atom stereocenters. The minimum atomic E-state index is 0.397. The fraction of sp³-hybridized carbons (Fsp3) is 0.538. The minimum absolute atomic E-state index is 0.397. The molecule has 1 aromatic rings. The Morgan fingerprint density at radius 2 is 1.88 bits per heavy atom. The van der Waals surface area contributed by atoms with Gasteiger partial charge < -0.3 is 10.6 Å². The van der Waals surface area contributed by atoms with Gasteiger partial charge in [-0.25, -0.2) is 0 Å². The van der Waals surface area contributed by atoms with Crippen molar-refractivity contribution >= 4 is 39.9 Å². The summed E-state index contributed by atoms with van der Waals surface area (Å²) < 4.78 is 1.25. The van der Waals surface area contributed by atoms with Crippen molar-refractivity contribution in [1.82, 2.24) is 0 Å². The fourth-order valence-electron chi connectivity index (χ4n) is 3.30. The first kappa shape index (κ1) is 12.1. The average Bonchev–Trinajstić information content (AvgIpc) is 2.53. The van der Waals surface area contributed by atoms with E-state index in [2.05, 4.69) is 33.6 Å². The standard InChI is InChI=1S/C13H16ClIN2/c14-8-1-4-13(12(15)5-8)17-10-2-3-11(17)7-9(16)6-10/h1,4-5,9-11H,2-3,6-7,16H2. The molecule has 17 heavy (non-hydrogen) atoms. The fourth-order valence-corrected chi connectivity index (χ4v) is 4.45. The summed E-state index contributed by atoms with van der Waals surface area (Å²) in [7, 11) is 0. The summed E-state index contributed by atoms with van der Waals surface area (Å²) in [4.78, 5) is 2.58. The number of rotatable bonds is 1. The Morgan fingerprint density at radius 3 is 2.47 bits per heavy atom. The highest BCUT2D eigenvalue weighted by atomic mass is 127. The summed E-state index contributed by atoms with van der Waals surface area (Å²) in [6, 6.07) is 7.87. The Kier molecular flexibility index (Phi) is 3.26. The van der Waals surface area contributed by atoms with Crippen molar-refractivity contribution in [3.05, 3.63) is 26.8 Å². The highest BCUT2D eigenvalue weighted by Gasteiger charge is 2.40. The molecule has 2 saturated heterocycles. The lowest BCUT2D eigenvalue weighted by Gasteiger charge is -2.40. The van der Waals surface area contributed by atoms with E-state index in [4.69, 9.17) is 17.3 Å². The van der Waals surface area contributed by atoms with E-state index >= 15 is 0 Å². The van der Waals surface area contributed by atoms with E-state index in [-0.39, 0.29) is 0 Å². The van der Waals surface area contributed by atoms with Gasteiger partial charge in [-0.1, -0.05) is 11.6 Å². The lowest BCUT2D eigenvalue weighted by Crippen LogP contribution is -2.47. The molecule has 0 radical (unpaired) electrons. The van der Waals surface area contributed by atoms with Crippen molar-refractivity contribution in [3.8, 4) is 0 Å². The van der Waals surface area contributed by atoms with Crippen LogP contribution in [-0.2, 0) is 0 Å². The summed E-state index contributed by atoms with van der Waals surface area (Å²) in [5.41, 5.74) is 7.45. The van der Waals surface area contributed by atoms with Gasteiger partial charge in [0.2, 0.25) is 0 Å². The van der Waals surface area contributed by atoms with Crippen LogP contribution in [0.5, 0.6) is 0 Å². The Morgan fingerprint density at radius 1 is 1.24 bits per heavy atom. The largest absolute Gasteiger partial charge is 0.365 e. The third kappa shape index (κ3) is 2.17. The van der Waals surface area contributed by atoms with Gasteiger partial charge >= 0.3 is 0 Å². The van der Waals surface area contributed by atoms with Gasteiger partial charge in [0, 0.05) is 26.7 Å². The Labute approximate surface area is 121 Å². The van der Waals surface area contributed by atoms with E-state index in [1.807, 2.05) is 12.1 Å². The first-order chi connectivity index (χ1) is 8.15. The van der Waals surface area contributed by atoms with E-state index < -0.39 is 0 Å². The molecule has 2 aliphatic rings. The molecular weight excluding hydrogens is 347 g/mol. The molecular formula is C13H16ClIN2. The van der Waals surface area contributed by atoms with Gasteiger partial charge in [-0.2, -0.15) is 0 Å². The number of hydrogen-bond acceptors (Lipinski definition) is 2. The zero-order chi connectivity index (χ0) is 12.0. The first-order valence-corrected chi connectivity index (χ1v) is 7.60. The Balaban J connectivity index is 1.94. The van der Waals surface area contributed by atoms with Crippen LogP contribution >= 0.6 is 34.2 Å². The normalized spacial score (nSPS) is 31.9. The third-order valence-electron chi connectivity index (χ3n) is 3.96. The second kappa shape index (κ2) is 4.59. The number of nitrogens with two attached hydrogens (primary N) is 1. The maximum atomic E-state index is 6.11. The zero-order valence-corrected chi connectivity index (χ0v) is 12.5. The first-order valence-electron chi connectivity index (χ1n) is 6.14. The number of halogens is 2. The summed E-state index contributed by atoms with van der Waals surface area (Å²) in [6.07, 6.45) is 4.85. The molecule has 0 amide bonds. The summed E-state index contributed by atoms with van der Waals surface area (Å²) in [6.45, 7) is 0. The van der Waals surface area contributed by atoms with E-state index in [0.29, 0.717) is 18.1 Å². The molecule has 0 spiro atoms. The molecule has 92 valence electrons. The predicted molar refractivity (Wildman–Crippen MR) is 80.7 cm³/mol. The number of fused-ring (bicyclic) bond motifs is 2. The SMILES string of the molecule is NC1CC2CCC(C1)N2c1ccc(Cl)cc1I. The van der Waals surface area contributed by atoms with Gasteiger partial charge in [0.1, 0.15) is 0 Å². The predicted octanol–water partition coefficient (Wildman–Crippen LogP) is 3.40. The van der Waals surface area contributed by atoms with Gasteiger partial charge in [-0.05, 0) is 66.5 Å². The van der Waals surface area contributed by atoms with Crippen molar-refractivity contribution in [2.75, 3.05) is 4.90 Å². The van der Waals surface area contributed by atoms with Crippen molar-refractivity contribution in [3.63, 3.8) is 0 Å². The summed E-state index contributed by atoms with van der Waals surface area (Å²) in [5, 5.41) is 0.819. The molecule has 0 aliphatic carbocycles. The lowest BCUT2D eigenvalue weighted by molar-refractivity contribution is 0.414. The van der Waals surface area contributed by atoms with Crippen LogP contribution < -0.4 is 10.6 Å². The summed E-state index contributed by atoms with van der Waals surface area (Å²) >= 11 is 8.41.